The molecule has 2 aromatic rings. The summed E-state index contributed by atoms with van der Waals surface area (Å²) in [6.45, 7) is 5.94. The lowest BCUT2D eigenvalue weighted by Crippen LogP contribution is -2.37. The fourth-order valence-corrected chi connectivity index (χ4v) is 3.34. The SMILES string of the molecule is CCOc1ccc(COc2ncnc(OCC3CC(OCCNC(C)=O)C3)c2Cl)cc1. The topological polar surface area (TPSA) is 91.8 Å². The van der Waals surface area contributed by atoms with Crippen molar-refractivity contribution >= 4 is 17.5 Å². The van der Waals surface area contributed by atoms with Gasteiger partial charge in [-0.2, -0.15) is 0 Å². The van der Waals surface area contributed by atoms with Gasteiger partial charge in [0.05, 0.1) is 25.9 Å². The van der Waals surface area contributed by atoms with Crippen molar-refractivity contribution < 1.29 is 23.7 Å². The number of nitrogens with zero attached hydrogens (tertiary/aromatic N) is 2. The van der Waals surface area contributed by atoms with Crippen LogP contribution in [0.25, 0.3) is 0 Å². The summed E-state index contributed by atoms with van der Waals surface area (Å²) in [6.07, 6.45) is 3.40. The molecule has 1 saturated carbocycles. The standard InChI is InChI=1S/C22H28ClN3O5/c1-3-28-18-6-4-16(5-7-18)12-30-21-20(23)22(26-14-25-21)31-13-17-10-19(11-17)29-9-8-24-15(2)27/h4-7,14,17,19H,3,8-13H2,1-2H3,(H,24,27). The Kier molecular flexibility index (Phi) is 8.73. The lowest BCUT2D eigenvalue weighted by atomic mass is 9.83. The first kappa shape index (κ1) is 23.1. The van der Waals surface area contributed by atoms with E-state index in [2.05, 4.69) is 15.3 Å². The van der Waals surface area contributed by atoms with Crippen molar-refractivity contribution in [2.24, 2.45) is 5.92 Å². The number of rotatable bonds is 12. The predicted molar refractivity (Wildman–Crippen MR) is 116 cm³/mol. The molecule has 0 radical (unpaired) electrons. The molecule has 1 aliphatic carbocycles. The second-order valence-electron chi connectivity index (χ2n) is 7.29. The van der Waals surface area contributed by atoms with Crippen LogP contribution in [0, 0.1) is 5.92 Å². The number of benzene rings is 1. The van der Waals surface area contributed by atoms with Crippen LogP contribution < -0.4 is 19.5 Å². The lowest BCUT2D eigenvalue weighted by molar-refractivity contribution is -0.119. The zero-order valence-electron chi connectivity index (χ0n) is 17.8. The number of amides is 1. The van der Waals surface area contributed by atoms with Gasteiger partial charge in [-0.05, 0) is 43.4 Å². The molecule has 0 aliphatic heterocycles. The number of carbonyl (C=O) groups is 1. The van der Waals surface area contributed by atoms with E-state index < -0.39 is 0 Å². The van der Waals surface area contributed by atoms with Gasteiger partial charge in [0.25, 0.3) is 0 Å². The second kappa shape index (κ2) is 11.7. The summed E-state index contributed by atoms with van der Waals surface area (Å²) in [5, 5.41) is 2.97. The number of ether oxygens (including phenoxy) is 4. The number of hydrogen-bond acceptors (Lipinski definition) is 7. The van der Waals surface area contributed by atoms with Crippen LogP contribution in [0.15, 0.2) is 30.6 Å². The summed E-state index contributed by atoms with van der Waals surface area (Å²) in [7, 11) is 0. The molecular formula is C22H28ClN3O5. The molecule has 0 unspecified atom stereocenters. The minimum atomic E-state index is -0.0481. The third-order valence-corrected chi connectivity index (χ3v) is 5.14. The minimum Gasteiger partial charge on any atom is -0.494 e. The Morgan fingerprint density at radius 2 is 1.84 bits per heavy atom. The Morgan fingerprint density at radius 3 is 2.52 bits per heavy atom. The largest absolute Gasteiger partial charge is 0.494 e. The molecule has 1 aliphatic rings. The van der Waals surface area contributed by atoms with Crippen LogP contribution in [0.5, 0.6) is 17.5 Å². The first-order chi connectivity index (χ1) is 15.0. The maximum Gasteiger partial charge on any atom is 0.240 e. The predicted octanol–water partition coefficient (Wildman–Crippen LogP) is 3.42. The molecule has 1 heterocycles. The van der Waals surface area contributed by atoms with Crippen molar-refractivity contribution in [2.75, 3.05) is 26.4 Å². The van der Waals surface area contributed by atoms with Gasteiger partial charge in [-0.25, -0.2) is 9.97 Å². The average molecular weight is 450 g/mol. The molecule has 0 bridgehead atoms. The zero-order chi connectivity index (χ0) is 22.1. The maximum absolute atomic E-state index is 10.8. The summed E-state index contributed by atoms with van der Waals surface area (Å²) in [6, 6.07) is 7.66. The van der Waals surface area contributed by atoms with Gasteiger partial charge in [-0.3, -0.25) is 4.79 Å². The lowest BCUT2D eigenvalue weighted by Gasteiger charge is -2.34. The van der Waals surface area contributed by atoms with Gasteiger partial charge in [-0.15, -0.1) is 0 Å². The number of halogens is 1. The molecule has 1 N–H and O–H groups in total. The van der Waals surface area contributed by atoms with E-state index in [0.29, 0.717) is 44.8 Å². The van der Waals surface area contributed by atoms with Gasteiger partial charge < -0.3 is 24.3 Å². The zero-order valence-corrected chi connectivity index (χ0v) is 18.6. The number of carbonyl (C=O) groups excluding carboxylic acids is 1. The van der Waals surface area contributed by atoms with Crippen molar-refractivity contribution in [1.82, 2.24) is 15.3 Å². The maximum atomic E-state index is 10.8. The van der Waals surface area contributed by atoms with Crippen LogP contribution in [-0.4, -0.2) is 48.3 Å². The van der Waals surface area contributed by atoms with Gasteiger partial charge in [0, 0.05) is 13.5 Å². The first-order valence-corrected chi connectivity index (χ1v) is 10.8. The van der Waals surface area contributed by atoms with Crippen LogP contribution in [0.4, 0.5) is 0 Å². The third-order valence-electron chi connectivity index (χ3n) is 4.81. The van der Waals surface area contributed by atoms with Gasteiger partial charge >= 0.3 is 0 Å². The number of aromatic nitrogens is 2. The molecular weight excluding hydrogens is 422 g/mol. The molecule has 168 valence electrons. The molecule has 9 heteroatoms. The molecule has 0 spiro atoms. The number of nitrogens with one attached hydrogen (secondary N) is 1. The summed E-state index contributed by atoms with van der Waals surface area (Å²) < 4.78 is 22.7. The monoisotopic (exact) mass is 449 g/mol. The van der Waals surface area contributed by atoms with Crippen LogP contribution in [-0.2, 0) is 16.1 Å². The van der Waals surface area contributed by atoms with Crippen molar-refractivity contribution in [1.29, 1.82) is 0 Å². The van der Waals surface area contributed by atoms with E-state index in [9.17, 15) is 4.79 Å². The summed E-state index contributed by atoms with van der Waals surface area (Å²) in [4.78, 5) is 19.1. The second-order valence-corrected chi connectivity index (χ2v) is 7.67. The minimum absolute atomic E-state index is 0.0481. The molecule has 3 rings (SSSR count). The van der Waals surface area contributed by atoms with Crippen LogP contribution in [0.3, 0.4) is 0 Å². The molecule has 0 saturated heterocycles. The fourth-order valence-electron chi connectivity index (χ4n) is 3.14. The highest BCUT2D eigenvalue weighted by molar-refractivity contribution is 6.33. The van der Waals surface area contributed by atoms with E-state index >= 15 is 0 Å². The number of hydrogen-bond donors (Lipinski definition) is 1. The molecule has 0 atom stereocenters. The van der Waals surface area contributed by atoms with E-state index in [4.69, 9.17) is 30.5 Å². The Balaban J connectivity index is 1.40. The Morgan fingerprint density at radius 1 is 1.13 bits per heavy atom. The molecule has 1 fully saturated rings. The Hall–Kier alpha value is -2.58. The highest BCUT2D eigenvalue weighted by atomic mass is 35.5. The summed E-state index contributed by atoms with van der Waals surface area (Å²) >= 11 is 6.37. The fraction of sp³-hybridized carbons (Fsp3) is 0.500. The Labute approximate surface area is 187 Å². The highest BCUT2D eigenvalue weighted by Crippen LogP contribution is 2.34. The van der Waals surface area contributed by atoms with Crippen LogP contribution >= 0.6 is 11.6 Å². The Bertz CT molecular complexity index is 844. The highest BCUT2D eigenvalue weighted by Gasteiger charge is 2.30. The van der Waals surface area contributed by atoms with Crippen molar-refractivity contribution in [3.63, 3.8) is 0 Å². The van der Waals surface area contributed by atoms with Crippen LogP contribution in [0.2, 0.25) is 5.02 Å². The van der Waals surface area contributed by atoms with E-state index in [1.807, 2.05) is 31.2 Å². The average Bonchev–Trinajstić information content (AvgIpc) is 2.73. The molecule has 1 amide bonds. The smallest absolute Gasteiger partial charge is 0.240 e. The van der Waals surface area contributed by atoms with E-state index in [1.54, 1.807) is 0 Å². The molecule has 1 aromatic carbocycles. The van der Waals surface area contributed by atoms with Crippen molar-refractivity contribution in [3.8, 4) is 17.5 Å². The summed E-state index contributed by atoms with van der Waals surface area (Å²) in [5.74, 6) is 1.75. The quantitative estimate of drug-likeness (QED) is 0.496. The van der Waals surface area contributed by atoms with Crippen molar-refractivity contribution in [3.05, 3.63) is 41.2 Å². The van der Waals surface area contributed by atoms with Gasteiger partial charge in [0.2, 0.25) is 17.7 Å². The third kappa shape index (κ3) is 7.25. The van der Waals surface area contributed by atoms with Crippen LogP contribution in [0.1, 0.15) is 32.3 Å². The van der Waals surface area contributed by atoms with Crippen molar-refractivity contribution in [2.45, 2.75) is 39.4 Å². The normalized spacial score (nSPS) is 17.5. The van der Waals surface area contributed by atoms with E-state index in [-0.39, 0.29) is 22.9 Å². The van der Waals surface area contributed by atoms with E-state index in [0.717, 1.165) is 24.2 Å². The molecule has 31 heavy (non-hydrogen) atoms. The van der Waals surface area contributed by atoms with E-state index in [1.165, 1.54) is 13.3 Å². The van der Waals surface area contributed by atoms with Gasteiger partial charge in [-0.1, -0.05) is 23.7 Å². The molecule has 8 nitrogen and oxygen atoms in total. The first-order valence-electron chi connectivity index (χ1n) is 10.4. The molecule has 1 aromatic heterocycles. The van der Waals surface area contributed by atoms with Gasteiger partial charge in [0.15, 0.2) is 5.02 Å². The van der Waals surface area contributed by atoms with Gasteiger partial charge in [0.1, 0.15) is 18.7 Å². The summed E-state index contributed by atoms with van der Waals surface area (Å²) in [5.41, 5.74) is 0.972.